The van der Waals surface area contributed by atoms with E-state index >= 15 is 0 Å². The Labute approximate surface area is 121 Å². The molecule has 4 heteroatoms. The lowest BCUT2D eigenvalue weighted by Crippen LogP contribution is -2.18. The summed E-state index contributed by atoms with van der Waals surface area (Å²) < 4.78 is 19.2. The maximum Gasteiger partial charge on any atom is 0.141 e. The molecule has 2 rings (SSSR count). The van der Waals surface area contributed by atoms with Crippen molar-refractivity contribution in [3.8, 4) is 5.75 Å². The predicted molar refractivity (Wildman–Crippen MR) is 75.8 cm³/mol. The van der Waals surface area contributed by atoms with Crippen LogP contribution in [0.4, 0.5) is 4.39 Å². The molecule has 1 aliphatic rings. The van der Waals surface area contributed by atoms with Crippen LogP contribution in [0.3, 0.4) is 0 Å². The van der Waals surface area contributed by atoms with Crippen molar-refractivity contribution in [1.29, 1.82) is 0 Å². The van der Waals surface area contributed by atoms with E-state index < -0.39 is 0 Å². The van der Waals surface area contributed by atoms with Crippen LogP contribution in [0.5, 0.6) is 5.75 Å². The highest BCUT2D eigenvalue weighted by atomic mass is 79.9. The number of halogens is 3. The van der Waals surface area contributed by atoms with E-state index in [1.807, 2.05) is 0 Å². The van der Waals surface area contributed by atoms with E-state index in [9.17, 15) is 4.39 Å². The van der Waals surface area contributed by atoms with Crippen LogP contribution in [-0.2, 0) is 0 Å². The lowest BCUT2D eigenvalue weighted by molar-refractivity contribution is 0.312. The molecule has 0 aliphatic heterocycles. The third-order valence-electron chi connectivity index (χ3n) is 3.90. The normalized spacial score (nSPS) is 19.8. The molecule has 1 nitrogen and oxygen atoms in total. The molecule has 1 fully saturated rings. The predicted octanol–water partition coefficient (Wildman–Crippen LogP) is 5.46. The lowest BCUT2D eigenvalue weighted by atomic mass is 9.81. The molecular formula is C14H17BrClFO. The fourth-order valence-corrected chi connectivity index (χ4v) is 3.48. The second-order valence-corrected chi connectivity index (χ2v) is 6.52. The zero-order chi connectivity index (χ0) is 13.3. The first-order chi connectivity index (χ1) is 8.48. The van der Waals surface area contributed by atoms with E-state index in [4.69, 9.17) is 16.3 Å². The SMILES string of the molecule is COc1cc(F)c(Br)cc1C(Cl)C1(C)CCCC1. The van der Waals surface area contributed by atoms with E-state index in [1.165, 1.54) is 18.9 Å². The number of hydrogen-bond acceptors (Lipinski definition) is 1. The Morgan fingerprint density at radius 1 is 1.39 bits per heavy atom. The second-order valence-electron chi connectivity index (χ2n) is 5.23. The van der Waals surface area contributed by atoms with Crippen LogP contribution >= 0.6 is 27.5 Å². The van der Waals surface area contributed by atoms with Crippen molar-refractivity contribution in [2.75, 3.05) is 7.11 Å². The summed E-state index contributed by atoms with van der Waals surface area (Å²) in [5.74, 6) is 0.208. The Morgan fingerprint density at radius 2 is 2.00 bits per heavy atom. The summed E-state index contributed by atoms with van der Waals surface area (Å²) in [4.78, 5) is 0. The topological polar surface area (TPSA) is 9.23 Å². The molecule has 0 heterocycles. The molecule has 100 valence electrons. The third-order valence-corrected chi connectivity index (χ3v) is 5.27. The van der Waals surface area contributed by atoms with E-state index in [0.717, 1.165) is 18.4 Å². The van der Waals surface area contributed by atoms with Gasteiger partial charge in [0, 0.05) is 11.6 Å². The Hall–Kier alpha value is -0.280. The van der Waals surface area contributed by atoms with Gasteiger partial charge in [-0.25, -0.2) is 4.39 Å². The lowest BCUT2D eigenvalue weighted by Gasteiger charge is -2.30. The number of methoxy groups -OCH3 is 1. The van der Waals surface area contributed by atoms with Crippen LogP contribution < -0.4 is 4.74 Å². The van der Waals surface area contributed by atoms with Gasteiger partial charge in [-0.15, -0.1) is 11.6 Å². The number of hydrogen-bond donors (Lipinski definition) is 0. The van der Waals surface area contributed by atoms with Gasteiger partial charge in [-0.05, 0) is 40.3 Å². The number of benzene rings is 1. The Morgan fingerprint density at radius 3 is 2.56 bits per heavy atom. The molecule has 18 heavy (non-hydrogen) atoms. The quantitative estimate of drug-likeness (QED) is 0.667. The number of rotatable bonds is 3. The molecule has 1 aliphatic carbocycles. The summed E-state index contributed by atoms with van der Waals surface area (Å²) in [7, 11) is 1.55. The van der Waals surface area contributed by atoms with E-state index in [-0.39, 0.29) is 16.6 Å². The summed E-state index contributed by atoms with van der Waals surface area (Å²) in [6, 6.07) is 3.14. The van der Waals surface area contributed by atoms with Crippen LogP contribution in [-0.4, -0.2) is 7.11 Å². The maximum atomic E-state index is 13.5. The van der Waals surface area contributed by atoms with Crippen molar-refractivity contribution in [2.45, 2.75) is 38.0 Å². The molecule has 1 atom stereocenters. The first-order valence-corrected chi connectivity index (χ1v) is 7.38. The minimum absolute atomic E-state index is 0.0755. The highest BCUT2D eigenvalue weighted by Gasteiger charge is 2.38. The van der Waals surface area contributed by atoms with E-state index in [0.29, 0.717) is 10.2 Å². The standard InChI is InChI=1S/C14H17BrClFO/c1-14(5-3-4-6-14)13(16)9-7-10(15)11(17)8-12(9)18-2/h7-8,13H,3-6H2,1-2H3. The largest absolute Gasteiger partial charge is 0.496 e. The molecule has 0 radical (unpaired) electrons. The summed E-state index contributed by atoms with van der Waals surface area (Å²) >= 11 is 9.85. The Kier molecular flexibility index (Phi) is 4.22. The highest BCUT2D eigenvalue weighted by Crippen LogP contribution is 2.52. The fourth-order valence-electron chi connectivity index (χ4n) is 2.73. The molecule has 0 spiro atoms. The van der Waals surface area contributed by atoms with Gasteiger partial charge in [0.05, 0.1) is 17.0 Å². The number of ether oxygens (including phenoxy) is 1. The Balaban J connectivity index is 2.40. The molecule has 1 aromatic rings. The van der Waals surface area contributed by atoms with Gasteiger partial charge in [-0.3, -0.25) is 0 Å². The first-order valence-electron chi connectivity index (χ1n) is 6.15. The smallest absolute Gasteiger partial charge is 0.141 e. The minimum atomic E-state index is -0.323. The molecule has 0 bridgehead atoms. The van der Waals surface area contributed by atoms with Gasteiger partial charge in [0.1, 0.15) is 11.6 Å². The average molecular weight is 336 g/mol. The van der Waals surface area contributed by atoms with Gasteiger partial charge in [0.2, 0.25) is 0 Å². The molecule has 1 saturated carbocycles. The summed E-state index contributed by atoms with van der Waals surface area (Å²) in [5.41, 5.74) is 0.948. The summed E-state index contributed by atoms with van der Waals surface area (Å²) in [6.45, 7) is 2.20. The van der Waals surface area contributed by atoms with Crippen molar-refractivity contribution >= 4 is 27.5 Å². The monoisotopic (exact) mass is 334 g/mol. The van der Waals surface area contributed by atoms with Crippen molar-refractivity contribution in [2.24, 2.45) is 5.41 Å². The average Bonchev–Trinajstić information content (AvgIpc) is 2.79. The molecule has 1 aromatic carbocycles. The molecule has 0 N–H and O–H groups in total. The molecular weight excluding hydrogens is 319 g/mol. The van der Waals surface area contributed by atoms with Crippen LogP contribution in [0.15, 0.2) is 16.6 Å². The summed E-state index contributed by atoms with van der Waals surface area (Å²) in [6.07, 6.45) is 4.65. The van der Waals surface area contributed by atoms with Gasteiger partial charge in [0.15, 0.2) is 0 Å². The van der Waals surface area contributed by atoms with Gasteiger partial charge in [-0.1, -0.05) is 19.8 Å². The van der Waals surface area contributed by atoms with Crippen LogP contribution in [0.2, 0.25) is 0 Å². The van der Waals surface area contributed by atoms with Crippen LogP contribution in [0, 0.1) is 11.2 Å². The van der Waals surface area contributed by atoms with Crippen molar-refractivity contribution in [3.63, 3.8) is 0 Å². The maximum absolute atomic E-state index is 13.5. The number of alkyl halides is 1. The molecule has 0 saturated heterocycles. The van der Waals surface area contributed by atoms with Crippen LogP contribution in [0.25, 0.3) is 0 Å². The van der Waals surface area contributed by atoms with E-state index in [1.54, 1.807) is 13.2 Å². The summed E-state index contributed by atoms with van der Waals surface area (Å²) in [5, 5.41) is -0.146. The first kappa shape index (κ1) is 14.1. The van der Waals surface area contributed by atoms with Crippen molar-refractivity contribution < 1.29 is 9.13 Å². The molecule has 1 unspecified atom stereocenters. The van der Waals surface area contributed by atoms with Gasteiger partial charge < -0.3 is 4.74 Å². The zero-order valence-electron chi connectivity index (χ0n) is 10.6. The second kappa shape index (κ2) is 5.38. The van der Waals surface area contributed by atoms with Crippen molar-refractivity contribution in [1.82, 2.24) is 0 Å². The zero-order valence-corrected chi connectivity index (χ0v) is 12.9. The van der Waals surface area contributed by atoms with Gasteiger partial charge >= 0.3 is 0 Å². The van der Waals surface area contributed by atoms with Gasteiger partial charge in [0.25, 0.3) is 0 Å². The third kappa shape index (κ3) is 2.53. The van der Waals surface area contributed by atoms with Crippen LogP contribution in [0.1, 0.15) is 43.5 Å². The highest BCUT2D eigenvalue weighted by molar-refractivity contribution is 9.10. The molecule has 0 amide bonds. The van der Waals surface area contributed by atoms with Crippen molar-refractivity contribution in [3.05, 3.63) is 28.0 Å². The fraction of sp³-hybridized carbons (Fsp3) is 0.571. The van der Waals surface area contributed by atoms with Gasteiger partial charge in [-0.2, -0.15) is 0 Å². The van der Waals surface area contributed by atoms with E-state index in [2.05, 4.69) is 22.9 Å². The minimum Gasteiger partial charge on any atom is -0.496 e. The molecule has 0 aromatic heterocycles. The Bertz CT molecular complexity index is 444.